The number of nitriles is 1. The Morgan fingerprint density at radius 1 is 1.45 bits per heavy atom. The molecule has 2 aromatic rings. The van der Waals surface area contributed by atoms with Gasteiger partial charge in [0, 0.05) is 33.9 Å². The summed E-state index contributed by atoms with van der Waals surface area (Å²) in [7, 11) is 0. The van der Waals surface area contributed by atoms with E-state index in [-0.39, 0.29) is 18.7 Å². The van der Waals surface area contributed by atoms with Crippen molar-refractivity contribution in [2.45, 2.75) is 25.2 Å². The Bertz CT molecular complexity index is 1100. The van der Waals surface area contributed by atoms with Crippen molar-refractivity contribution in [2.75, 3.05) is 6.61 Å². The number of allylic oxidation sites excluding steroid dienone is 2. The number of halogens is 1. The summed E-state index contributed by atoms with van der Waals surface area (Å²) in [5.41, 5.74) is 6.22. The van der Waals surface area contributed by atoms with E-state index in [9.17, 15) is 20.2 Å². The number of nitrogens with one attached hydrogen (secondary N) is 1. The molecule has 0 saturated carbocycles. The molecule has 0 amide bonds. The third-order valence-electron chi connectivity index (χ3n) is 4.87. The summed E-state index contributed by atoms with van der Waals surface area (Å²) < 4.78 is 7.56. The fourth-order valence-electron chi connectivity index (χ4n) is 3.31. The number of hydrogen-bond donors (Lipinski definition) is 2. The molecule has 1 aromatic heterocycles. The number of aromatic nitrogens is 1. The SMILES string of the molecule is CCOC(=O)C1=CC=CC(N)([N+](=O)[O-])C1NCc1ccc(-n2cc(Br)cc2C#N)cc1. The van der Waals surface area contributed by atoms with E-state index in [1.165, 1.54) is 18.2 Å². The van der Waals surface area contributed by atoms with Crippen LogP contribution in [0.4, 0.5) is 0 Å². The van der Waals surface area contributed by atoms with E-state index in [1.54, 1.807) is 23.8 Å². The smallest absolute Gasteiger partial charge is 0.335 e. The fraction of sp³-hybridized carbons (Fsp3) is 0.238. The van der Waals surface area contributed by atoms with E-state index >= 15 is 0 Å². The van der Waals surface area contributed by atoms with Gasteiger partial charge < -0.3 is 9.30 Å². The van der Waals surface area contributed by atoms with Crippen LogP contribution in [-0.2, 0) is 16.1 Å². The van der Waals surface area contributed by atoms with Gasteiger partial charge in [0.1, 0.15) is 17.8 Å². The molecule has 2 unspecified atom stereocenters. The van der Waals surface area contributed by atoms with Gasteiger partial charge in [0.25, 0.3) is 0 Å². The minimum absolute atomic E-state index is 0.0935. The molecule has 3 N–H and O–H groups in total. The molecule has 160 valence electrons. The van der Waals surface area contributed by atoms with Crippen molar-refractivity contribution < 1.29 is 14.5 Å². The minimum atomic E-state index is -1.99. The van der Waals surface area contributed by atoms with Crippen molar-refractivity contribution >= 4 is 21.9 Å². The van der Waals surface area contributed by atoms with E-state index in [2.05, 4.69) is 27.3 Å². The lowest BCUT2D eigenvalue weighted by Gasteiger charge is -2.31. The van der Waals surface area contributed by atoms with Gasteiger partial charge in [-0.3, -0.25) is 21.2 Å². The standard InChI is InChI=1S/C21H20BrN5O4/c1-2-31-20(28)18-4-3-9-21(24,27(29)30)19(18)25-12-14-5-7-16(8-6-14)26-13-15(22)10-17(26)11-23/h3-10,13,19,25H,2,12,24H2,1H3. The summed E-state index contributed by atoms with van der Waals surface area (Å²) in [6.45, 7) is 2.03. The predicted octanol–water partition coefficient (Wildman–Crippen LogP) is 2.56. The number of carbonyl (C=O) groups is 1. The van der Waals surface area contributed by atoms with Gasteiger partial charge in [-0.15, -0.1) is 0 Å². The van der Waals surface area contributed by atoms with Crippen LogP contribution in [0.5, 0.6) is 0 Å². The van der Waals surface area contributed by atoms with Gasteiger partial charge in [-0.25, -0.2) is 4.79 Å². The van der Waals surface area contributed by atoms with Crippen molar-refractivity contribution in [1.82, 2.24) is 9.88 Å². The number of ether oxygens (including phenoxy) is 1. The molecule has 1 aromatic carbocycles. The van der Waals surface area contributed by atoms with Crippen LogP contribution in [0.15, 0.2) is 64.8 Å². The van der Waals surface area contributed by atoms with Crippen molar-refractivity contribution in [1.29, 1.82) is 5.26 Å². The van der Waals surface area contributed by atoms with Crippen LogP contribution >= 0.6 is 15.9 Å². The monoisotopic (exact) mass is 485 g/mol. The van der Waals surface area contributed by atoms with Crippen LogP contribution < -0.4 is 11.1 Å². The Morgan fingerprint density at radius 2 is 2.16 bits per heavy atom. The molecule has 0 spiro atoms. The fourth-order valence-corrected chi connectivity index (χ4v) is 3.73. The Kier molecular flexibility index (Phi) is 6.70. The molecule has 1 aliphatic carbocycles. The normalized spacial score (nSPS) is 20.1. The lowest BCUT2D eigenvalue weighted by atomic mass is 9.89. The molecule has 31 heavy (non-hydrogen) atoms. The molecule has 3 rings (SSSR count). The first kappa shape index (κ1) is 22.4. The first-order valence-electron chi connectivity index (χ1n) is 9.40. The molecule has 2 atom stereocenters. The molecule has 0 fully saturated rings. The number of nitro groups is 1. The maximum Gasteiger partial charge on any atom is 0.335 e. The summed E-state index contributed by atoms with van der Waals surface area (Å²) >= 11 is 3.36. The Hall–Kier alpha value is -3.26. The van der Waals surface area contributed by atoms with Crippen molar-refractivity contribution in [3.8, 4) is 11.8 Å². The van der Waals surface area contributed by atoms with Gasteiger partial charge in [-0.1, -0.05) is 18.2 Å². The van der Waals surface area contributed by atoms with Gasteiger partial charge >= 0.3 is 11.6 Å². The second kappa shape index (κ2) is 9.26. The van der Waals surface area contributed by atoms with Crippen LogP contribution in [0.2, 0.25) is 0 Å². The zero-order chi connectivity index (χ0) is 22.6. The average Bonchev–Trinajstić information content (AvgIpc) is 3.14. The van der Waals surface area contributed by atoms with Crippen molar-refractivity contribution in [2.24, 2.45) is 5.73 Å². The molecule has 1 aliphatic rings. The molecule has 0 bridgehead atoms. The topological polar surface area (TPSA) is 136 Å². The number of carbonyl (C=O) groups excluding carboxylic acids is 1. The number of rotatable bonds is 7. The van der Waals surface area contributed by atoms with E-state index in [1.807, 2.05) is 24.3 Å². The van der Waals surface area contributed by atoms with Crippen LogP contribution in [0.3, 0.4) is 0 Å². The lowest BCUT2D eigenvalue weighted by molar-refractivity contribution is -0.557. The average molecular weight is 486 g/mol. The molecular weight excluding hydrogens is 466 g/mol. The largest absolute Gasteiger partial charge is 0.463 e. The summed E-state index contributed by atoms with van der Waals surface area (Å²) in [6, 6.07) is 10.1. The van der Waals surface area contributed by atoms with E-state index in [4.69, 9.17) is 10.5 Å². The highest BCUT2D eigenvalue weighted by atomic mass is 79.9. The van der Waals surface area contributed by atoms with E-state index in [0.717, 1.165) is 15.7 Å². The summed E-state index contributed by atoms with van der Waals surface area (Å²) in [5, 5.41) is 24.0. The minimum Gasteiger partial charge on any atom is -0.463 e. The summed E-state index contributed by atoms with van der Waals surface area (Å²) in [4.78, 5) is 23.4. The highest BCUT2D eigenvalue weighted by Gasteiger charge is 2.49. The number of benzene rings is 1. The molecular formula is C21H20BrN5O4. The number of nitrogens with zero attached hydrogens (tertiary/aromatic N) is 3. The van der Waals surface area contributed by atoms with Gasteiger partial charge in [-0.2, -0.15) is 5.26 Å². The predicted molar refractivity (Wildman–Crippen MR) is 117 cm³/mol. The lowest BCUT2D eigenvalue weighted by Crippen LogP contribution is -2.63. The quantitative estimate of drug-likeness (QED) is 0.266. The third kappa shape index (κ3) is 4.59. The van der Waals surface area contributed by atoms with Crippen molar-refractivity contribution in [3.05, 3.63) is 86.2 Å². The van der Waals surface area contributed by atoms with Gasteiger partial charge in [0.2, 0.25) is 0 Å². The number of nitrogens with two attached hydrogens (primary N) is 1. The van der Waals surface area contributed by atoms with Crippen LogP contribution in [0.25, 0.3) is 5.69 Å². The van der Waals surface area contributed by atoms with Gasteiger partial charge in [-0.05, 0) is 52.7 Å². The highest BCUT2D eigenvalue weighted by Crippen LogP contribution is 2.25. The van der Waals surface area contributed by atoms with Gasteiger partial charge in [0.05, 0.1) is 12.2 Å². The highest BCUT2D eigenvalue weighted by molar-refractivity contribution is 9.10. The maximum atomic E-state index is 12.3. The number of hydrogen-bond acceptors (Lipinski definition) is 7. The molecule has 10 heteroatoms. The summed E-state index contributed by atoms with van der Waals surface area (Å²) in [6.07, 6.45) is 5.91. The Morgan fingerprint density at radius 3 is 2.77 bits per heavy atom. The van der Waals surface area contributed by atoms with Crippen LogP contribution in [0.1, 0.15) is 18.2 Å². The second-order valence-electron chi connectivity index (χ2n) is 6.85. The Labute approximate surface area is 187 Å². The zero-order valence-corrected chi connectivity index (χ0v) is 18.2. The van der Waals surface area contributed by atoms with Crippen LogP contribution in [-0.4, -0.2) is 33.8 Å². The molecule has 0 radical (unpaired) electrons. The molecule has 0 saturated heterocycles. The zero-order valence-electron chi connectivity index (χ0n) is 16.6. The molecule has 0 aliphatic heterocycles. The molecule has 9 nitrogen and oxygen atoms in total. The van der Waals surface area contributed by atoms with E-state index < -0.39 is 22.6 Å². The van der Waals surface area contributed by atoms with Crippen molar-refractivity contribution in [3.63, 3.8) is 0 Å². The first-order chi connectivity index (χ1) is 14.8. The Balaban J connectivity index is 1.81. The summed E-state index contributed by atoms with van der Waals surface area (Å²) in [5.74, 6) is -0.654. The van der Waals surface area contributed by atoms with E-state index in [0.29, 0.717) is 5.69 Å². The third-order valence-corrected chi connectivity index (χ3v) is 5.30. The number of esters is 1. The maximum absolute atomic E-state index is 12.3. The molecule has 1 heterocycles. The van der Waals surface area contributed by atoms with Gasteiger partial charge in [0.15, 0.2) is 0 Å². The second-order valence-corrected chi connectivity index (χ2v) is 7.77. The van der Waals surface area contributed by atoms with Crippen LogP contribution in [0, 0.1) is 21.4 Å². The first-order valence-corrected chi connectivity index (χ1v) is 10.2.